The Balaban J connectivity index is 2.25. The monoisotopic (exact) mass is 288 g/mol. The average molecular weight is 288 g/mol. The van der Waals surface area contributed by atoms with E-state index in [9.17, 15) is 4.79 Å². The van der Waals surface area contributed by atoms with Gasteiger partial charge in [-0.3, -0.25) is 10.1 Å². The number of nitrogens with one attached hydrogen (secondary N) is 1. The van der Waals surface area contributed by atoms with Crippen LogP contribution in [0.2, 0.25) is 0 Å². The highest BCUT2D eigenvalue weighted by Crippen LogP contribution is 2.28. The van der Waals surface area contributed by atoms with Gasteiger partial charge in [0.05, 0.1) is 6.04 Å². The molecule has 3 nitrogen and oxygen atoms in total. The van der Waals surface area contributed by atoms with Gasteiger partial charge < -0.3 is 4.90 Å². The third-order valence-corrected chi connectivity index (χ3v) is 4.39. The van der Waals surface area contributed by atoms with Crippen molar-refractivity contribution in [3.63, 3.8) is 0 Å². The summed E-state index contributed by atoms with van der Waals surface area (Å²) in [6.45, 7) is 9.47. The van der Waals surface area contributed by atoms with Crippen LogP contribution in [0.15, 0.2) is 24.3 Å². The predicted molar refractivity (Wildman–Crippen MR) is 86.9 cm³/mol. The first kappa shape index (κ1) is 16.0. The van der Waals surface area contributed by atoms with Gasteiger partial charge in [0.1, 0.15) is 6.17 Å². The Labute approximate surface area is 128 Å². The van der Waals surface area contributed by atoms with Gasteiger partial charge in [0.15, 0.2) is 0 Å². The summed E-state index contributed by atoms with van der Waals surface area (Å²) in [6.07, 6.45) is 3.07. The van der Waals surface area contributed by atoms with Gasteiger partial charge in [0, 0.05) is 6.54 Å². The number of amides is 1. The Kier molecular flexibility index (Phi) is 5.40. The van der Waals surface area contributed by atoms with Crippen LogP contribution in [0.3, 0.4) is 0 Å². The molecule has 0 aliphatic carbocycles. The second kappa shape index (κ2) is 7.08. The Morgan fingerprint density at radius 2 is 2.10 bits per heavy atom. The topological polar surface area (TPSA) is 32.3 Å². The van der Waals surface area contributed by atoms with Crippen LogP contribution in [-0.2, 0) is 4.79 Å². The van der Waals surface area contributed by atoms with Crippen LogP contribution in [0.1, 0.15) is 57.3 Å². The van der Waals surface area contributed by atoms with Crippen LogP contribution in [-0.4, -0.2) is 23.4 Å². The number of benzene rings is 1. The summed E-state index contributed by atoms with van der Waals surface area (Å²) in [5.41, 5.74) is 2.44. The molecule has 1 amide bonds. The van der Waals surface area contributed by atoms with Gasteiger partial charge >= 0.3 is 0 Å². The molecule has 3 atom stereocenters. The number of rotatable bonds is 6. The Morgan fingerprint density at radius 3 is 2.71 bits per heavy atom. The zero-order valence-electron chi connectivity index (χ0n) is 13.7. The molecular weight excluding hydrogens is 260 g/mol. The van der Waals surface area contributed by atoms with Crippen LogP contribution in [0.5, 0.6) is 0 Å². The fourth-order valence-corrected chi connectivity index (χ4v) is 2.95. The zero-order valence-corrected chi connectivity index (χ0v) is 13.7. The van der Waals surface area contributed by atoms with Crippen molar-refractivity contribution in [1.29, 1.82) is 0 Å². The number of hydrogen-bond acceptors (Lipinski definition) is 2. The highest BCUT2D eigenvalue weighted by molar-refractivity contribution is 5.84. The summed E-state index contributed by atoms with van der Waals surface area (Å²) < 4.78 is 0. The molecule has 1 aliphatic rings. The number of nitrogens with zero attached hydrogens (tertiary/aromatic N) is 1. The van der Waals surface area contributed by atoms with Crippen molar-refractivity contribution < 1.29 is 4.79 Å². The first-order chi connectivity index (χ1) is 10.1. The van der Waals surface area contributed by atoms with Crippen LogP contribution in [0, 0.1) is 12.8 Å². The lowest BCUT2D eigenvalue weighted by atomic mass is 10.1. The summed E-state index contributed by atoms with van der Waals surface area (Å²) in [7, 11) is 0. The Morgan fingerprint density at radius 1 is 1.33 bits per heavy atom. The largest absolute Gasteiger partial charge is 0.321 e. The summed E-state index contributed by atoms with van der Waals surface area (Å²) in [5, 5.41) is 3.54. The maximum Gasteiger partial charge on any atom is 0.241 e. The number of carbonyl (C=O) groups excluding carboxylic acids is 1. The molecule has 1 aromatic carbocycles. The minimum absolute atomic E-state index is 0.0235. The maximum atomic E-state index is 12.7. The van der Waals surface area contributed by atoms with Crippen molar-refractivity contribution >= 4 is 5.91 Å². The first-order valence-corrected chi connectivity index (χ1v) is 8.19. The minimum Gasteiger partial charge on any atom is -0.321 e. The van der Waals surface area contributed by atoms with Gasteiger partial charge in [0.25, 0.3) is 0 Å². The van der Waals surface area contributed by atoms with Crippen molar-refractivity contribution in [2.75, 3.05) is 6.54 Å². The molecule has 3 unspecified atom stereocenters. The van der Waals surface area contributed by atoms with Gasteiger partial charge in [-0.15, -0.1) is 0 Å². The summed E-state index contributed by atoms with van der Waals surface area (Å²) in [5.74, 6) is 0.798. The fraction of sp³-hybridized carbons (Fsp3) is 0.611. The molecule has 2 rings (SSSR count). The molecular formula is C18H28N2O. The average Bonchev–Trinajstić information content (AvgIpc) is 2.77. The van der Waals surface area contributed by atoms with Crippen molar-refractivity contribution in [1.82, 2.24) is 10.2 Å². The van der Waals surface area contributed by atoms with E-state index in [4.69, 9.17) is 0 Å². The lowest BCUT2D eigenvalue weighted by molar-refractivity contribution is -0.130. The van der Waals surface area contributed by atoms with Gasteiger partial charge in [-0.2, -0.15) is 0 Å². The van der Waals surface area contributed by atoms with Crippen LogP contribution >= 0.6 is 0 Å². The molecule has 1 N–H and O–H groups in total. The lowest BCUT2D eigenvalue weighted by Gasteiger charge is -2.27. The predicted octanol–water partition coefficient (Wildman–Crippen LogP) is 3.64. The van der Waals surface area contributed by atoms with E-state index in [1.54, 1.807) is 0 Å². The minimum atomic E-state index is -0.0235. The van der Waals surface area contributed by atoms with E-state index in [2.05, 4.69) is 57.3 Å². The molecule has 1 aliphatic heterocycles. The van der Waals surface area contributed by atoms with E-state index in [1.165, 1.54) is 11.1 Å². The molecule has 0 spiro atoms. The zero-order chi connectivity index (χ0) is 15.4. The normalized spacial score (nSPS) is 23.6. The Hall–Kier alpha value is -1.35. The molecule has 21 heavy (non-hydrogen) atoms. The SMILES string of the molecule is CCCC1NC(c2cccc(C)c2)N(CC(C)CC)C1=O. The molecule has 116 valence electrons. The summed E-state index contributed by atoms with van der Waals surface area (Å²) in [6, 6.07) is 8.46. The molecule has 0 bridgehead atoms. The quantitative estimate of drug-likeness (QED) is 0.866. The molecule has 1 heterocycles. The third-order valence-electron chi connectivity index (χ3n) is 4.39. The standard InChI is InChI=1S/C18H28N2O/c1-5-8-16-18(21)20(12-13(3)6-2)17(19-16)15-10-7-9-14(4)11-15/h7,9-11,13,16-17,19H,5-6,8,12H2,1-4H3. The first-order valence-electron chi connectivity index (χ1n) is 8.19. The van der Waals surface area contributed by atoms with Gasteiger partial charge in [0.2, 0.25) is 5.91 Å². The highest BCUT2D eigenvalue weighted by Gasteiger charge is 2.39. The van der Waals surface area contributed by atoms with E-state index in [-0.39, 0.29) is 18.1 Å². The van der Waals surface area contributed by atoms with E-state index < -0.39 is 0 Å². The van der Waals surface area contributed by atoms with E-state index in [1.807, 2.05) is 4.90 Å². The highest BCUT2D eigenvalue weighted by atomic mass is 16.2. The molecule has 0 saturated carbocycles. The third kappa shape index (κ3) is 3.65. The lowest BCUT2D eigenvalue weighted by Crippen LogP contribution is -2.34. The molecule has 1 saturated heterocycles. The Bertz CT molecular complexity index is 486. The van der Waals surface area contributed by atoms with Crippen molar-refractivity contribution in [2.24, 2.45) is 5.92 Å². The van der Waals surface area contributed by atoms with Gasteiger partial charge in [-0.25, -0.2) is 0 Å². The second-order valence-electron chi connectivity index (χ2n) is 6.33. The van der Waals surface area contributed by atoms with Crippen LogP contribution < -0.4 is 5.32 Å². The van der Waals surface area contributed by atoms with E-state index in [0.717, 1.165) is 25.8 Å². The number of carbonyl (C=O) groups is 1. The molecule has 0 aromatic heterocycles. The van der Waals surface area contributed by atoms with E-state index in [0.29, 0.717) is 5.92 Å². The second-order valence-corrected chi connectivity index (χ2v) is 6.33. The van der Waals surface area contributed by atoms with Crippen molar-refractivity contribution in [3.05, 3.63) is 35.4 Å². The van der Waals surface area contributed by atoms with E-state index >= 15 is 0 Å². The van der Waals surface area contributed by atoms with Crippen LogP contribution in [0.25, 0.3) is 0 Å². The van der Waals surface area contributed by atoms with Crippen LogP contribution in [0.4, 0.5) is 0 Å². The molecule has 0 radical (unpaired) electrons. The molecule has 1 aromatic rings. The van der Waals surface area contributed by atoms with Crippen molar-refractivity contribution in [2.45, 2.75) is 59.2 Å². The fourth-order valence-electron chi connectivity index (χ4n) is 2.95. The summed E-state index contributed by atoms with van der Waals surface area (Å²) >= 11 is 0. The van der Waals surface area contributed by atoms with Crippen molar-refractivity contribution in [3.8, 4) is 0 Å². The number of hydrogen-bond donors (Lipinski definition) is 1. The smallest absolute Gasteiger partial charge is 0.241 e. The molecule has 3 heteroatoms. The van der Waals surface area contributed by atoms with Gasteiger partial charge in [-0.1, -0.05) is 63.4 Å². The number of aryl methyl sites for hydroxylation is 1. The summed E-state index contributed by atoms with van der Waals surface area (Å²) in [4.78, 5) is 14.7. The van der Waals surface area contributed by atoms with Gasteiger partial charge in [-0.05, 0) is 24.8 Å². The maximum absolute atomic E-state index is 12.7. The molecule has 1 fully saturated rings.